The Morgan fingerprint density at radius 1 is 1.17 bits per heavy atom. The van der Waals surface area contributed by atoms with Gasteiger partial charge in [0.25, 0.3) is 10.0 Å². The molecule has 1 heterocycles. The molecule has 1 aromatic rings. The molecule has 1 aromatic carbocycles. The first-order chi connectivity index (χ1) is 10.5. The Morgan fingerprint density at radius 2 is 1.78 bits per heavy atom. The van der Waals surface area contributed by atoms with Crippen molar-refractivity contribution in [2.75, 3.05) is 25.6 Å². The van der Waals surface area contributed by atoms with Gasteiger partial charge >= 0.3 is 0 Å². The van der Waals surface area contributed by atoms with Gasteiger partial charge in [-0.1, -0.05) is 12.1 Å². The predicted molar refractivity (Wildman–Crippen MR) is 87.1 cm³/mol. The third kappa shape index (κ3) is 3.58. The number of hydrogen-bond donors (Lipinski definition) is 1. The maximum atomic E-state index is 13.1. The summed E-state index contributed by atoms with van der Waals surface area (Å²) in [6.45, 7) is 3.47. The van der Waals surface area contributed by atoms with Crippen molar-refractivity contribution in [3.63, 3.8) is 0 Å². The van der Waals surface area contributed by atoms with Crippen LogP contribution in [-0.4, -0.2) is 69.1 Å². The highest BCUT2D eigenvalue weighted by atomic mass is 32.2. The van der Waals surface area contributed by atoms with Crippen molar-refractivity contribution in [1.82, 2.24) is 9.42 Å². The van der Waals surface area contributed by atoms with E-state index in [9.17, 15) is 21.9 Å². The fourth-order valence-corrected chi connectivity index (χ4v) is 6.67. The van der Waals surface area contributed by atoms with Gasteiger partial charge in [-0.25, -0.2) is 21.8 Å². The number of rotatable bonds is 4. The highest BCUT2D eigenvalue weighted by Crippen LogP contribution is 2.28. The molecule has 9 heteroatoms. The zero-order chi connectivity index (χ0) is 17.6. The van der Waals surface area contributed by atoms with Gasteiger partial charge < -0.3 is 5.11 Å². The number of aliphatic hydroxyl groups is 1. The Balaban J connectivity index is 2.55. The summed E-state index contributed by atoms with van der Waals surface area (Å²) < 4.78 is 50.6. The number of hydrogen-bond acceptors (Lipinski definition) is 6. The summed E-state index contributed by atoms with van der Waals surface area (Å²) in [6.07, 6.45) is -1.25. The van der Waals surface area contributed by atoms with Crippen LogP contribution in [0.5, 0.6) is 0 Å². The molecule has 2 atom stereocenters. The zero-order valence-corrected chi connectivity index (χ0v) is 15.2. The van der Waals surface area contributed by atoms with E-state index in [1.165, 1.54) is 19.1 Å². The first kappa shape index (κ1) is 18.3. The molecule has 1 aliphatic rings. The number of hydrazine groups is 1. The van der Waals surface area contributed by atoms with E-state index in [1.807, 2.05) is 6.07 Å². The first-order valence-corrected chi connectivity index (χ1v) is 10.4. The molecule has 0 bridgehead atoms. The van der Waals surface area contributed by atoms with E-state index in [0.29, 0.717) is 5.56 Å². The Kier molecular flexibility index (Phi) is 4.89. The van der Waals surface area contributed by atoms with Crippen molar-refractivity contribution in [1.29, 1.82) is 0 Å². The van der Waals surface area contributed by atoms with E-state index in [0.717, 1.165) is 9.98 Å². The minimum atomic E-state index is -3.99. The van der Waals surface area contributed by atoms with Gasteiger partial charge in [-0.05, 0) is 31.0 Å². The zero-order valence-electron chi connectivity index (χ0n) is 13.6. The highest BCUT2D eigenvalue weighted by molar-refractivity contribution is 7.92. The van der Waals surface area contributed by atoms with Crippen LogP contribution in [-0.2, 0) is 19.9 Å². The number of aryl methyl sites for hydroxylation is 2. The Morgan fingerprint density at radius 3 is 2.26 bits per heavy atom. The maximum Gasteiger partial charge on any atom is 0.256 e. The van der Waals surface area contributed by atoms with Crippen molar-refractivity contribution in [3.05, 3.63) is 29.3 Å². The van der Waals surface area contributed by atoms with Gasteiger partial charge in [0.15, 0.2) is 9.84 Å². The SMILES string of the molecule is Cc1ccc(C)c(S(=O)(=O)N([C@@H]2CS(=O)(=O)C[C@@H]2O)N(C)C)c1. The van der Waals surface area contributed by atoms with Crippen LogP contribution in [0.25, 0.3) is 0 Å². The molecule has 1 N–H and O–H groups in total. The molecule has 0 spiro atoms. The van der Waals surface area contributed by atoms with Gasteiger partial charge in [-0.2, -0.15) is 0 Å². The van der Waals surface area contributed by atoms with Crippen LogP contribution in [0.2, 0.25) is 0 Å². The largest absolute Gasteiger partial charge is 0.390 e. The average molecular weight is 362 g/mol. The van der Waals surface area contributed by atoms with Crippen LogP contribution in [0.1, 0.15) is 11.1 Å². The van der Waals surface area contributed by atoms with Gasteiger partial charge in [-0.15, -0.1) is 4.41 Å². The van der Waals surface area contributed by atoms with E-state index in [4.69, 9.17) is 0 Å². The molecule has 0 radical (unpaired) electrons. The van der Waals surface area contributed by atoms with Crippen LogP contribution < -0.4 is 0 Å². The van der Waals surface area contributed by atoms with Crippen LogP contribution in [0.15, 0.2) is 23.1 Å². The second-order valence-electron chi connectivity index (χ2n) is 6.11. The third-order valence-corrected chi connectivity index (χ3v) is 7.62. The third-order valence-electron chi connectivity index (χ3n) is 3.84. The second-order valence-corrected chi connectivity index (χ2v) is 10.0. The Bertz CT molecular complexity index is 802. The minimum Gasteiger partial charge on any atom is -0.390 e. The predicted octanol–water partition coefficient (Wildman–Crippen LogP) is -0.0714. The first-order valence-electron chi connectivity index (χ1n) is 7.13. The van der Waals surface area contributed by atoms with Crippen LogP contribution in [0.3, 0.4) is 0 Å². The summed E-state index contributed by atoms with van der Waals surface area (Å²) in [5, 5.41) is 11.4. The molecule has 130 valence electrons. The van der Waals surface area contributed by atoms with E-state index in [1.54, 1.807) is 26.0 Å². The summed E-state index contributed by atoms with van der Waals surface area (Å²) in [5.41, 5.74) is 1.35. The molecule has 0 saturated carbocycles. The lowest BCUT2D eigenvalue weighted by atomic mass is 10.2. The summed E-state index contributed by atoms with van der Waals surface area (Å²) >= 11 is 0. The molecule has 2 rings (SSSR count). The topological polar surface area (TPSA) is 95.0 Å². The van der Waals surface area contributed by atoms with Gasteiger partial charge in [-0.3, -0.25) is 0 Å². The van der Waals surface area contributed by atoms with Crippen molar-refractivity contribution in [2.24, 2.45) is 0 Å². The molecule has 1 fully saturated rings. The number of nitrogens with zero attached hydrogens (tertiary/aromatic N) is 2. The summed E-state index contributed by atoms with van der Waals surface area (Å²) in [5.74, 6) is -0.819. The van der Waals surface area contributed by atoms with Gasteiger partial charge in [0, 0.05) is 14.1 Å². The molecular formula is C14H22N2O5S2. The fraction of sp³-hybridized carbons (Fsp3) is 0.571. The highest BCUT2D eigenvalue weighted by Gasteiger charge is 2.46. The monoisotopic (exact) mass is 362 g/mol. The Labute approximate surface area is 137 Å². The smallest absolute Gasteiger partial charge is 0.256 e. The van der Waals surface area contributed by atoms with E-state index < -0.39 is 43.5 Å². The van der Waals surface area contributed by atoms with Crippen molar-refractivity contribution >= 4 is 19.9 Å². The lowest BCUT2D eigenvalue weighted by Gasteiger charge is -2.34. The molecule has 7 nitrogen and oxygen atoms in total. The van der Waals surface area contributed by atoms with Crippen molar-refractivity contribution < 1.29 is 21.9 Å². The van der Waals surface area contributed by atoms with Crippen molar-refractivity contribution in [2.45, 2.75) is 30.9 Å². The van der Waals surface area contributed by atoms with E-state index >= 15 is 0 Å². The molecule has 0 amide bonds. The second kappa shape index (κ2) is 6.14. The number of sulfone groups is 1. The van der Waals surface area contributed by atoms with Crippen LogP contribution >= 0.6 is 0 Å². The number of benzene rings is 1. The van der Waals surface area contributed by atoms with E-state index in [-0.39, 0.29) is 4.90 Å². The van der Waals surface area contributed by atoms with Crippen LogP contribution in [0.4, 0.5) is 0 Å². The molecule has 0 aliphatic carbocycles. The Hall–Kier alpha value is -1.00. The maximum absolute atomic E-state index is 13.1. The quantitative estimate of drug-likeness (QED) is 0.754. The summed E-state index contributed by atoms with van der Waals surface area (Å²) in [7, 11) is -4.42. The van der Waals surface area contributed by atoms with Gasteiger partial charge in [0.1, 0.15) is 0 Å². The molecule has 1 saturated heterocycles. The molecule has 0 unspecified atom stereocenters. The van der Waals surface area contributed by atoms with Gasteiger partial charge in [0.2, 0.25) is 0 Å². The minimum absolute atomic E-state index is 0.114. The van der Waals surface area contributed by atoms with Crippen LogP contribution in [0, 0.1) is 13.8 Å². The lowest BCUT2D eigenvalue weighted by Crippen LogP contribution is -2.53. The summed E-state index contributed by atoms with van der Waals surface area (Å²) in [6, 6.07) is 4.04. The fourth-order valence-electron chi connectivity index (χ4n) is 2.80. The summed E-state index contributed by atoms with van der Waals surface area (Å²) in [4.78, 5) is 0.114. The molecular weight excluding hydrogens is 340 g/mol. The number of aliphatic hydroxyl groups excluding tert-OH is 1. The average Bonchev–Trinajstić information content (AvgIpc) is 2.65. The standard InChI is InChI=1S/C14H22N2O5S2/c1-10-5-6-11(2)14(7-10)23(20,21)16(15(3)4)12-8-22(18,19)9-13(12)17/h5-7,12-13,17H,8-9H2,1-4H3/t12-,13+/m1/s1. The van der Waals surface area contributed by atoms with E-state index in [2.05, 4.69) is 0 Å². The lowest BCUT2D eigenvalue weighted by molar-refractivity contribution is 0.0271. The molecule has 0 aromatic heterocycles. The number of sulfonamides is 1. The van der Waals surface area contributed by atoms with Gasteiger partial charge in [0.05, 0.1) is 28.5 Å². The molecule has 23 heavy (non-hydrogen) atoms. The molecule has 1 aliphatic heterocycles. The normalized spacial score (nSPS) is 24.5. The van der Waals surface area contributed by atoms with Crippen molar-refractivity contribution in [3.8, 4) is 0 Å².